The van der Waals surface area contributed by atoms with Crippen molar-refractivity contribution in [2.75, 3.05) is 4.90 Å². The largest absolute Gasteiger partial charge is 0.507 e. The molecule has 2 heterocycles. The minimum Gasteiger partial charge on any atom is -0.507 e. The molecule has 4 rings (SSSR count). The molecule has 1 aliphatic rings. The molecule has 2 aromatic carbocycles. The number of hydrogen-bond acceptors (Lipinski definition) is 6. The highest BCUT2D eigenvalue weighted by Crippen LogP contribution is 2.45. The number of anilines is 1. The molecule has 1 aromatic heterocycles. The lowest BCUT2D eigenvalue weighted by molar-refractivity contribution is -0.384. The minimum atomic E-state index is -1.19. The van der Waals surface area contributed by atoms with Crippen molar-refractivity contribution < 1.29 is 28.4 Å². The number of aliphatic hydroxyl groups is 1. The van der Waals surface area contributed by atoms with E-state index in [2.05, 4.69) is 0 Å². The fourth-order valence-corrected chi connectivity index (χ4v) is 4.57. The molecule has 1 unspecified atom stereocenters. The van der Waals surface area contributed by atoms with Crippen LogP contribution >= 0.6 is 11.3 Å². The molecule has 1 atom stereocenters. The van der Waals surface area contributed by atoms with Gasteiger partial charge in [-0.05, 0) is 48.2 Å². The molecule has 1 aliphatic heterocycles. The van der Waals surface area contributed by atoms with E-state index in [9.17, 15) is 33.6 Å². The first-order chi connectivity index (χ1) is 15.2. The van der Waals surface area contributed by atoms with Crippen LogP contribution in [0.15, 0.2) is 59.5 Å². The van der Waals surface area contributed by atoms with Crippen LogP contribution in [-0.2, 0) is 9.59 Å². The molecule has 10 heteroatoms. The Labute approximate surface area is 184 Å². The van der Waals surface area contributed by atoms with Gasteiger partial charge in [0.15, 0.2) is 11.6 Å². The van der Waals surface area contributed by atoms with Gasteiger partial charge in [-0.2, -0.15) is 0 Å². The zero-order valence-electron chi connectivity index (χ0n) is 16.4. The van der Waals surface area contributed by atoms with Gasteiger partial charge >= 0.3 is 0 Å². The molecule has 7 nitrogen and oxygen atoms in total. The number of Topliss-reactive ketones (excluding diaryl/α,β-unsaturated/α-hetero) is 1. The molecule has 0 aliphatic carbocycles. The van der Waals surface area contributed by atoms with Gasteiger partial charge in [-0.3, -0.25) is 24.6 Å². The van der Waals surface area contributed by atoms with Crippen LogP contribution in [0.5, 0.6) is 0 Å². The van der Waals surface area contributed by atoms with Crippen molar-refractivity contribution in [3.8, 4) is 0 Å². The van der Waals surface area contributed by atoms with Gasteiger partial charge in [0, 0.05) is 34.3 Å². The second-order valence-electron chi connectivity index (χ2n) is 7.04. The second kappa shape index (κ2) is 7.97. The van der Waals surface area contributed by atoms with Crippen molar-refractivity contribution in [3.05, 3.63) is 97.2 Å². The average molecular weight is 456 g/mol. The summed E-state index contributed by atoms with van der Waals surface area (Å²) in [6, 6.07) is 8.34. The summed E-state index contributed by atoms with van der Waals surface area (Å²) in [6.07, 6.45) is 0. The smallest absolute Gasteiger partial charge is 0.300 e. The molecule has 0 radical (unpaired) electrons. The number of non-ortho nitro benzene ring substituents is 1. The van der Waals surface area contributed by atoms with E-state index in [1.165, 1.54) is 29.5 Å². The Morgan fingerprint density at radius 2 is 1.78 bits per heavy atom. The zero-order chi connectivity index (χ0) is 23.2. The summed E-state index contributed by atoms with van der Waals surface area (Å²) in [4.78, 5) is 37.8. The third-order valence-corrected chi connectivity index (χ3v) is 6.20. The Hall–Kier alpha value is -3.92. The number of aliphatic hydroxyl groups excluding tert-OH is 1. The number of nitrogens with zero attached hydrogens (tertiary/aromatic N) is 2. The number of nitro benzene ring substituents is 1. The average Bonchev–Trinajstić information content (AvgIpc) is 3.30. The molecule has 1 amide bonds. The Morgan fingerprint density at radius 3 is 2.34 bits per heavy atom. The van der Waals surface area contributed by atoms with E-state index in [-0.39, 0.29) is 22.5 Å². The number of aryl methyl sites for hydroxylation is 1. The first kappa shape index (κ1) is 21.3. The van der Waals surface area contributed by atoms with E-state index in [4.69, 9.17) is 0 Å². The van der Waals surface area contributed by atoms with E-state index in [0.717, 1.165) is 34.7 Å². The van der Waals surface area contributed by atoms with E-state index in [1.54, 1.807) is 18.4 Å². The van der Waals surface area contributed by atoms with Crippen molar-refractivity contribution in [2.24, 2.45) is 0 Å². The molecule has 3 aromatic rings. The summed E-state index contributed by atoms with van der Waals surface area (Å²) in [7, 11) is 0. The van der Waals surface area contributed by atoms with Crippen LogP contribution in [0.25, 0.3) is 5.76 Å². The highest BCUT2D eigenvalue weighted by Gasteiger charge is 2.48. The van der Waals surface area contributed by atoms with Gasteiger partial charge in [0.05, 0.1) is 10.5 Å². The number of nitro groups is 1. The third kappa shape index (κ3) is 3.44. The number of amides is 1. The zero-order valence-corrected chi connectivity index (χ0v) is 17.2. The maximum atomic E-state index is 13.9. The maximum Gasteiger partial charge on any atom is 0.300 e. The summed E-state index contributed by atoms with van der Waals surface area (Å²) in [5, 5.41) is 23.6. The Balaban J connectivity index is 1.92. The fourth-order valence-electron chi connectivity index (χ4n) is 3.54. The normalized spacial score (nSPS) is 17.7. The van der Waals surface area contributed by atoms with E-state index in [1.807, 2.05) is 0 Å². The highest BCUT2D eigenvalue weighted by molar-refractivity contribution is 7.10. The van der Waals surface area contributed by atoms with Crippen LogP contribution in [0, 0.1) is 28.7 Å². The molecule has 1 N–H and O–H groups in total. The monoisotopic (exact) mass is 456 g/mol. The highest BCUT2D eigenvalue weighted by atomic mass is 32.1. The van der Waals surface area contributed by atoms with Crippen LogP contribution in [0.1, 0.15) is 22.0 Å². The quantitative estimate of drug-likeness (QED) is 0.198. The second-order valence-corrected chi connectivity index (χ2v) is 7.99. The van der Waals surface area contributed by atoms with Gasteiger partial charge in [-0.15, -0.1) is 11.3 Å². The van der Waals surface area contributed by atoms with Gasteiger partial charge in [-0.1, -0.05) is 0 Å². The van der Waals surface area contributed by atoms with E-state index >= 15 is 0 Å². The molecule has 1 saturated heterocycles. The molecule has 1 fully saturated rings. The topological polar surface area (TPSA) is 101 Å². The Bertz CT molecular complexity index is 1300. The predicted molar refractivity (Wildman–Crippen MR) is 113 cm³/mol. The summed E-state index contributed by atoms with van der Waals surface area (Å²) in [5.41, 5.74) is 0.308. The first-order valence-corrected chi connectivity index (χ1v) is 10.1. The molecule has 0 bridgehead atoms. The first-order valence-electron chi connectivity index (χ1n) is 9.25. The van der Waals surface area contributed by atoms with E-state index < -0.39 is 40.0 Å². The molecular weight excluding hydrogens is 442 g/mol. The molecular formula is C22H14F2N2O5S. The molecule has 162 valence electrons. The maximum absolute atomic E-state index is 13.9. The summed E-state index contributed by atoms with van der Waals surface area (Å²) in [5.74, 6) is -4.86. The van der Waals surface area contributed by atoms with E-state index in [0.29, 0.717) is 4.88 Å². The predicted octanol–water partition coefficient (Wildman–Crippen LogP) is 4.87. The number of benzene rings is 2. The summed E-state index contributed by atoms with van der Waals surface area (Å²) >= 11 is 1.23. The van der Waals surface area contributed by atoms with Gasteiger partial charge in [-0.25, -0.2) is 8.78 Å². The standard InChI is InChI=1S/C22H14F2N2O5S/c1-11-8-9-32-21(11)18-17(19(27)12-2-4-13(5-3-12)26(30)31)20(28)22(29)25(18)14-6-7-15(23)16(24)10-14/h2-10,18,27H,1H3/b19-17-. The number of halogens is 2. The van der Waals surface area contributed by atoms with Crippen LogP contribution in [0.4, 0.5) is 20.2 Å². The van der Waals surface area contributed by atoms with Crippen LogP contribution < -0.4 is 4.90 Å². The number of ketones is 1. The van der Waals surface area contributed by atoms with Gasteiger partial charge in [0.1, 0.15) is 11.8 Å². The Kier molecular flexibility index (Phi) is 5.31. The van der Waals surface area contributed by atoms with Gasteiger partial charge in [0.25, 0.3) is 17.4 Å². The fraction of sp³-hybridized carbons (Fsp3) is 0.0909. The van der Waals surface area contributed by atoms with Crippen LogP contribution in [-0.4, -0.2) is 21.7 Å². The molecule has 0 saturated carbocycles. The lowest BCUT2D eigenvalue weighted by Crippen LogP contribution is -2.29. The lowest BCUT2D eigenvalue weighted by atomic mass is 9.98. The van der Waals surface area contributed by atoms with Crippen molar-refractivity contribution in [2.45, 2.75) is 13.0 Å². The summed E-state index contributed by atoms with van der Waals surface area (Å²) < 4.78 is 27.4. The Morgan fingerprint density at radius 1 is 1.09 bits per heavy atom. The van der Waals surface area contributed by atoms with Crippen LogP contribution in [0.2, 0.25) is 0 Å². The number of carbonyl (C=O) groups excluding carboxylic acids is 2. The third-order valence-electron chi connectivity index (χ3n) is 5.13. The molecule has 0 spiro atoms. The molecule has 32 heavy (non-hydrogen) atoms. The number of carbonyl (C=O) groups is 2. The van der Waals surface area contributed by atoms with Crippen molar-refractivity contribution in [3.63, 3.8) is 0 Å². The van der Waals surface area contributed by atoms with Crippen molar-refractivity contribution in [1.29, 1.82) is 0 Å². The number of thiophene rings is 1. The summed E-state index contributed by atoms with van der Waals surface area (Å²) in [6.45, 7) is 1.75. The number of rotatable bonds is 4. The van der Waals surface area contributed by atoms with Gasteiger partial charge < -0.3 is 5.11 Å². The SMILES string of the molecule is Cc1ccsc1C1/C(=C(/O)c2ccc([N+](=O)[O-])cc2)C(=O)C(=O)N1c1ccc(F)c(F)c1. The lowest BCUT2D eigenvalue weighted by Gasteiger charge is -2.25. The van der Waals surface area contributed by atoms with Crippen molar-refractivity contribution >= 4 is 40.2 Å². The minimum absolute atomic E-state index is 0.0495. The number of hydrogen-bond donors (Lipinski definition) is 1. The van der Waals surface area contributed by atoms with Crippen molar-refractivity contribution in [1.82, 2.24) is 0 Å². The van der Waals surface area contributed by atoms with Crippen LogP contribution in [0.3, 0.4) is 0 Å². The van der Waals surface area contributed by atoms with Gasteiger partial charge in [0.2, 0.25) is 0 Å².